The third kappa shape index (κ3) is 7.91. The Labute approximate surface area is 255 Å². The van der Waals surface area contributed by atoms with Crippen molar-refractivity contribution in [2.24, 2.45) is 17.8 Å². The summed E-state index contributed by atoms with van der Waals surface area (Å²) in [5, 5.41) is 2.49. The molecule has 1 saturated heterocycles. The summed E-state index contributed by atoms with van der Waals surface area (Å²) in [7, 11) is 1.36. The molecule has 1 aliphatic carbocycles. The number of benzene rings is 1. The van der Waals surface area contributed by atoms with E-state index in [0.717, 1.165) is 18.4 Å². The van der Waals surface area contributed by atoms with Crippen molar-refractivity contribution in [1.29, 1.82) is 0 Å². The van der Waals surface area contributed by atoms with Crippen molar-refractivity contribution in [3.63, 3.8) is 0 Å². The molecule has 2 fully saturated rings. The number of cyclic esters (lactones) is 2. The van der Waals surface area contributed by atoms with Gasteiger partial charge >= 0.3 is 23.9 Å². The summed E-state index contributed by atoms with van der Waals surface area (Å²) in [5.41, 5.74) is 0.486. The Morgan fingerprint density at radius 2 is 1.75 bits per heavy atom. The zero-order valence-corrected chi connectivity index (χ0v) is 25.3. The molecule has 2 aromatic rings. The Balaban J connectivity index is 1.57. The largest absolute Gasteiger partial charge is 0.493 e. The number of aromatic nitrogens is 1. The van der Waals surface area contributed by atoms with Crippen molar-refractivity contribution in [1.82, 2.24) is 10.3 Å². The highest BCUT2D eigenvalue weighted by atomic mass is 16.6. The van der Waals surface area contributed by atoms with Crippen LogP contribution in [0.4, 0.5) is 0 Å². The number of rotatable bonds is 9. The number of nitrogens with one attached hydrogen (secondary N) is 1. The second kappa shape index (κ2) is 14.8. The van der Waals surface area contributed by atoms with Crippen LogP contribution in [0.5, 0.6) is 11.5 Å². The fourth-order valence-electron chi connectivity index (χ4n) is 5.17. The lowest BCUT2D eigenvalue weighted by atomic mass is 9.91. The standard InChI is InChI=1S/C32H38N2O10/c1-18(2)29(36)43-26-19(3)42-32(39)23(17-41-31(38)22(26)16-20-10-6-5-7-11-20)34-28(35)25-27(24(40-4)14-15-33-25)44-30(37)21-12-8-9-13-21/h5-7,10-11,14-15,18-19,21-23,26H,8-9,12-13,16-17H2,1-4H3,(H,34,35)/t19-,22+,23-,26-/m0/s1. The van der Waals surface area contributed by atoms with Crippen LogP contribution in [0.25, 0.3) is 0 Å². The lowest BCUT2D eigenvalue weighted by molar-refractivity contribution is -0.176. The molecule has 0 radical (unpaired) electrons. The second-order valence-corrected chi connectivity index (χ2v) is 11.2. The summed E-state index contributed by atoms with van der Waals surface area (Å²) < 4.78 is 27.8. The Morgan fingerprint density at radius 3 is 2.41 bits per heavy atom. The average molecular weight is 611 g/mol. The second-order valence-electron chi connectivity index (χ2n) is 11.2. The lowest BCUT2D eigenvalue weighted by Gasteiger charge is -2.29. The molecule has 1 aliphatic heterocycles. The van der Waals surface area contributed by atoms with Crippen molar-refractivity contribution in [3.8, 4) is 11.5 Å². The van der Waals surface area contributed by atoms with Gasteiger partial charge in [-0.05, 0) is 31.7 Å². The minimum Gasteiger partial charge on any atom is -0.493 e. The molecule has 1 aromatic carbocycles. The first kappa shape index (κ1) is 32.4. The SMILES string of the molecule is COc1ccnc(C(=O)N[C@H]2COC(=O)[C@H](Cc3ccccc3)[C@@H](OC(=O)C(C)C)[C@H](C)OC2=O)c1OC(=O)C1CCCC1. The number of carbonyl (C=O) groups is 5. The summed E-state index contributed by atoms with van der Waals surface area (Å²) in [4.78, 5) is 69.7. The van der Waals surface area contributed by atoms with Gasteiger partial charge in [-0.25, -0.2) is 9.78 Å². The summed E-state index contributed by atoms with van der Waals surface area (Å²) in [6.07, 6.45) is 2.39. The van der Waals surface area contributed by atoms with Crippen LogP contribution < -0.4 is 14.8 Å². The molecular formula is C32H38N2O10. The van der Waals surface area contributed by atoms with Crippen molar-refractivity contribution >= 4 is 29.8 Å². The molecule has 2 heterocycles. The van der Waals surface area contributed by atoms with Gasteiger partial charge in [-0.1, -0.05) is 57.0 Å². The maximum Gasteiger partial charge on any atom is 0.332 e. The summed E-state index contributed by atoms with van der Waals surface area (Å²) in [5.74, 6) is -5.49. The Hall–Kier alpha value is -4.48. The molecule has 4 rings (SSSR count). The topological polar surface area (TPSA) is 156 Å². The van der Waals surface area contributed by atoms with Gasteiger partial charge in [0.25, 0.3) is 5.91 Å². The molecule has 0 unspecified atom stereocenters. The van der Waals surface area contributed by atoms with Crippen LogP contribution in [0.1, 0.15) is 62.5 Å². The van der Waals surface area contributed by atoms with Gasteiger partial charge in [-0.2, -0.15) is 0 Å². The average Bonchev–Trinajstić information content (AvgIpc) is 3.56. The molecule has 0 bridgehead atoms. The van der Waals surface area contributed by atoms with Gasteiger partial charge in [0.05, 0.1) is 18.9 Å². The quantitative estimate of drug-likeness (QED) is 0.329. The predicted molar refractivity (Wildman–Crippen MR) is 155 cm³/mol. The maximum atomic E-state index is 13.4. The first-order chi connectivity index (χ1) is 21.1. The maximum absolute atomic E-state index is 13.4. The molecule has 12 heteroatoms. The van der Waals surface area contributed by atoms with Crippen LogP contribution in [0.2, 0.25) is 0 Å². The highest BCUT2D eigenvalue weighted by Gasteiger charge is 2.42. The summed E-state index contributed by atoms with van der Waals surface area (Å²) in [6, 6.07) is 9.09. The van der Waals surface area contributed by atoms with Crippen molar-refractivity contribution < 1.29 is 47.7 Å². The van der Waals surface area contributed by atoms with Gasteiger partial charge in [-0.3, -0.25) is 19.2 Å². The van der Waals surface area contributed by atoms with Gasteiger partial charge < -0.3 is 29.0 Å². The van der Waals surface area contributed by atoms with Crippen molar-refractivity contribution in [2.75, 3.05) is 13.7 Å². The van der Waals surface area contributed by atoms with E-state index in [2.05, 4.69) is 10.3 Å². The van der Waals surface area contributed by atoms with Gasteiger partial charge in [-0.15, -0.1) is 0 Å². The predicted octanol–water partition coefficient (Wildman–Crippen LogP) is 3.20. The molecule has 1 amide bonds. The smallest absolute Gasteiger partial charge is 0.332 e. The van der Waals surface area contributed by atoms with Crippen molar-refractivity contribution in [2.45, 2.75) is 71.1 Å². The fraction of sp³-hybridized carbons (Fsp3) is 0.500. The first-order valence-electron chi connectivity index (χ1n) is 14.8. The number of methoxy groups -OCH3 is 1. The number of amides is 1. The van der Waals surface area contributed by atoms with E-state index in [0.29, 0.717) is 12.8 Å². The monoisotopic (exact) mass is 610 g/mol. The molecule has 0 spiro atoms. The molecule has 236 valence electrons. The molecule has 1 N–H and O–H groups in total. The van der Waals surface area contributed by atoms with E-state index in [4.69, 9.17) is 23.7 Å². The van der Waals surface area contributed by atoms with Gasteiger partial charge in [0, 0.05) is 12.3 Å². The zero-order valence-electron chi connectivity index (χ0n) is 25.3. The van der Waals surface area contributed by atoms with E-state index >= 15 is 0 Å². The van der Waals surface area contributed by atoms with Crippen LogP contribution in [0.15, 0.2) is 42.6 Å². The van der Waals surface area contributed by atoms with Crippen LogP contribution in [-0.2, 0) is 39.8 Å². The third-order valence-corrected chi connectivity index (χ3v) is 7.66. The molecule has 2 aliphatic rings. The van der Waals surface area contributed by atoms with Crippen LogP contribution >= 0.6 is 0 Å². The third-order valence-electron chi connectivity index (χ3n) is 7.66. The fourth-order valence-corrected chi connectivity index (χ4v) is 5.17. The van der Waals surface area contributed by atoms with Gasteiger partial charge in [0.1, 0.15) is 18.6 Å². The molecule has 1 saturated carbocycles. The molecule has 1 aromatic heterocycles. The number of esters is 4. The number of ether oxygens (including phenoxy) is 5. The summed E-state index contributed by atoms with van der Waals surface area (Å²) in [6.45, 7) is 4.25. The van der Waals surface area contributed by atoms with Crippen LogP contribution in [0, 0.1) is 17.8 Å². The Bertz CT molecular complexity index is 1360. The molecule has 4 atom stereocenters. The Kier molecular flexibility index (Phi) is 10.9. The molecule has 44 heavy (non-hydrogen) atoms. The number of carbonyl (C=O) groups excluding carboxylic acids is 5. The minimum absolute atomic E-state index is 0.104. The highest BCUT2D eigenvalue weighted by molar-refractivity contribution is 5.99. The number of hydrogen-bond acceptors (Lipinski definition) is 11. The number of hydrogen-bond donors (Lipinski definition) is 1. The highest BCUT2D eigenvalue weighted by Crippen LogP contribution is 2.33. The van der Waals surface area contributed by atoms with Crippen LogP contribution in [0.3, 0.4) is 0 Å². The van der Waals surface area contributed by atoms with E-state index in [1.165, 1.54) is 26.3 Å². The molecule has 12 nitrogen and oxygen atoms in total. The number of nitrogens with zero attached hydrogens (tertiary/aromatic N) is 1. The lowest BCUT2D eigenvalue weighted by Crippen LogP contribution is -2.47. The van der Waals surface area contributed by atoms with Crippen LogP contribution in [-0.4, -0.2) is 66.7 Å². The van der Waals surface area contributed by atoms with E-state index < -0.39 is 66.5 Å². The van der Waals surface area contributed by atoms with Gasteiger partial charge in [0.2, 0.25) is 5.75 Å². The van der Waals surface area contributed by atoms with E-state index in [1.54, 1.807) is 13.8 Å². The minimum atomic E-state index is -1.45. The number of pyridine rings is 1. The Morgan fingerprint density at radius 1 is 1.05 bits per heavy atom. The first-order valence-corrected chi connectivity index (χ1v) is 14.8. The normalized spacial score (nSPS) is 22.6. The van der Waals surface area contributed by atoms with Crippen molar-refractivity contribution in [3.05, 3.63) is 53.9 Å². The summed E-state index contributed by atoms with van der Waals surface area (Å²) >= 11 is 0. The van der Waals surface area contributed by atoms with E-state index in [9.17, 15) is 24.0 Å². The van der Waals surface area contributed by atoms with Gasteiger partial charge in [0.15, 0.2) is 23.6 Å². The van der Waals surface area contributed by atoms with E-state index in [1.807, 2.05) is 30.3 Å². The molecular weight excluding hydrogens is 572 g/mol. The van der Waals surface area contributed by atoms with E-state index in [-0.39, 0.29) is 29.5 Å². The zero-order chi connectivity index (χ0) is 31.8.